The minimum atomic E-state index is -0.573. The third kappa shape index (κ3) is 4.61. The molecule has 0 bridgehead atoms. The number of halogens is 2. The highest BCUT2D eigenvalue weighted by Crippen LogP contribution is 2.37. The topological polar surface area (TPSA) is 74.2 Å². The lowest BCUT2D eigenvalue weighted by Gasteiger charge is -2.12. The van der Waals surface area contributed by atoms with E-state index in [2.05, 4.69) is 20.9 Å². The maximum absolute atomic E-state index is 12.2. The summed E-state index contributed by atoms with van der Waals surface area (Å²) < 4.78 is 16.8. The fraction of sp³-hybridized carbons (Fsp3) is 0.150. The molecule has 3 rings (SSSR count). The van der Waals surface area contributed by atoms with Gasteiger partial charge in [-0.15, -0.1) is 0 Å². The van der Waals surface area contributed by atoms with Gasteiger partial charge in [-0.3, -0.25) is 4.79 Å². The largest absolute Gasteiger partial charge is 0.490 e. The first-order valence-corrected chi connectivity index (χ1v) is 9.47. The van der Waals surface area contributed by atoms with Crippen LogP contribution in [0.2, 0.25) is 5.02 Å². The first-order chi connectivity index (χ1) is 13.4. The van der Waals surface area contributed by atoms with Crippen LogP contribution >= 0.6 is 27.5 Å². The number of hydrogen-bond acceptors (Lipinski definition) is 6. The quantitative estimate of drug-likeness (QED) is 0.362. The summed E-state index contributed by atoms with van der Waals surface area (Å²) in [4.78, 5) is 27.7. The number of esters is 2. The Kier molecular flexibility index (Phi) is 6.16. The Morgan fingerprint density at radius 2 is 2.00 bits per heavy atom. The minimum absolute atomic E-state index is 0.122. The van der Waals surface area contributed by atoms with E-state index in [1.54, 1.807) is 31.2 Å². The highest BCUT2D eigenvalue weighted by atomic mass is 79.9. The van der Waals surface area contributed by atoms with E-state index in [-0.39, 0.29) is 22.4 Å². The van der Waals surface area contributed by atoms with Crippen molar-refractivity contribution in [3.63, 3.8) is 0 Å². The van der Waals surface area contributed by atoms with Crippen molar-refractivity contribution >= 4 is 51.4 Å². The number of carbonyl (C=O) groups is 2. The summed E-state index contributed by atoms with van der Waals surface area (Å²) in [5.41, 5.74) is 1.35. The lowest BCUT2D eigenvalue weighted by molar-refractivity contribution is -0.132. The van der Waals surface area contributed by atoms with Gasteiger partial charge in [0.05, 0.1) is 11.6 Å². The lowest BCUT2D eigenvalue weighted by Crippen LogP contribution is -2.05. The molecule has 0 spiro atoms. The summed E-state index contributed by atoms with van der Waals surface area (Å²) in [7, 11) is 0. The molecule has 28 heavy (non-hydrogen) atoms. The maximum atomic E-state index is 12.2. The Labute approximate surface area is 174 Å². The molecule has 0 aliphatic carbocycles. The molecule has 0 saturated heterocycles. The monoisotopic (exact) mass is 463 g/mol. The van der Waals surface area contributed by atoms with Crippen molar-refractivity contribution in [1.29, 1.82) is 0 Å². The normalized spacial score (nSPS) is 14.6. The molecular weight excluding hydrogens is 450 g/mol. The van der Waals surface area contributed by atoms with Crippen molar-refractivity contribution in [3.05, 3.63) is 62.7 Å². The zero-order valence-corrected chi connectivity index (χ0v) is 17.3. The Morgan fingerprint density at radius 1 is 1.29 bits per heavy atom. The SMILES string of the molecule is CCOc1cc(/C=C2/N=C(c3ccc(Br)cc3)OC2=O)cc(Cl)c1OC(C)=O. The second kappa shape index (κ2) is 8.58. The molecule has 0 fully saturated rings. The molecule has 2 aromatic carbocycles. The number of hydrogen-bond donors (Lipinski definition) is 0. The number of carbonyl (C=O) groups excluding carboxylic acids is 2. The number of nitrogens with zero attached hydrogens (tertiary/aromatic N) is 1. The van der Waals surface area contributed by atoms with E-state index in [1.165, 1.54) is 13.0 Å². The summed E-state index contributed by atoms with van der Waals surface area (Å²) in [6.45, 7) is 3.41. The smallest absolute Gasteiger partial charge is 0.363 e. The van der Waals surface area contributed by atoms with Gasteiger partial charge in [0.15, 0.2) is 17.2 Å². The van der Waals surface area contributed by atoms with Crippen LogP contribution in [0, 0.1) is 0 Å². The van der Waals surface area contributed by atoms with Crippen LogP contribution in [-0.4, -0.2) is 24.4 Å². The van der Waals surface area contributed by atoms with E-state index in [0.29, 0.717) is 23.5 Å². The van der Waals surface area contributed by atoms with Crippen LogP contribution in [0.25, 0.3) is 6.08 Å². The molecule has 0 N–H and O–H groups in total. The van der Waals surface area contributed by atoms with Crippen LogP contribution in [0.15, 0.2) is 51.6 Å². The second-order valence-electron chi connectivity index (χ2n) is 5.70. The molecule has 0 amide bonds. The molecule has 1 heterocycles. The molecule has 0 radical (unpaired) electrons. The van der Waals surface area contributed by atoms with Gasteiger partial charge in [0.1, 0.15) is 0 Å². The zero-order chi connectivity index (χ0) is 20.3. The summed E-state index contributed by atoms with van der Waals surface area (Å²) >= 11 is 9.59. The van der Waals surface area contributed by atoms with E-state index in [1.807, 2.05) is 12.1 Å². The van der Waals surface area contributed by atoms with Crippen molar-refractivity contribution in [1.82, 2.24) is 0 Å². The van der Waals surface area contributed by atoms with Crippen molar-refractivity contribution < 1.29 is 23.8 Å². The number of benzene rings is 2. The maximum Gasteiger partial charge on any atom is 0.363 e. The molecule has 0 saturated carbocycles. The summed E-state index contributed by atoms with van der Waals surface area (Å²) in [6, 6.07) is 10.4. The molecule has 1 aliphatic rings. The highest BCUT2D eigenvalue weighted by Gasteiger charge is 2.24. The lowest BCUT2D eigenvalue weighted by atomic mass is 10.1. The van der Waals surface area contributed by atoms with Crippen LogP contribution in [0.5, 0.6) is 11.5 Å². The highest BCUT2D eigenvalue weighted by molar-refractivity contribution is 9.10. The second-order valence-corrected chi connectivity index (χ2v) is 7.02. The van der Waals surface area contributed by atoms with Gasteiger partial charge in [-0.2, -0.15) is 0 Å². The van der Waals surface area contributed by atoms with Gasteiger partial charge in [-0.25, -0.2) is 9.79 Å². The number of rotatable bonds is 5. The first kappa shape index (κ1) is 20.1. The molecule has 144 valence electrons. The van der Waals surface area contributed by atoms with Crippen LogP contribution in [0.1, 0.15) is 25.0 Å². The van der Waals surface area contributed by atoms with E-state index in [9.17, 15) is 9.59 Å². The average molecular weight is 465 g/mol. The third-order valence-corrected chi connectivity index (χ3v) is 4.40. The van der Waals surface area contributed by atoms with Crippen molar-refractivity contribution in [3.8, 4) is 11.5 Å². The fourth-order valence-corrected chi connectivity index (χ4v) is 2.98. The minimum Gasteiger partial charge on any atom is -0.490 e. The fourth-order valence-electron chi connectivity index (χ4n) is 2.46. The van der Waals surface area contributed by atoms with Gasteiger partial charge in [0, 0.05) is 17.0 Å². The van der Waals surface area contributed by atoms with E-state index < -0.39 is 11.9 Å². The summed E-state index contributed by atoms with van der Waals surface area (Å²) in [6.07, 6.45) is 1.53. The van der Waals surface area contributed by atoms with Gasteiger partial charge < -0.3 is 14.2 Å². The third-order valence-electron chi connectivity index (χ3n) is 3.59. The molecule has 8 heteroatoms. The van der Waals surface area contributed by atoms with Gasteiger partial charge in [-0.05, 0) is 55.0 Å². The standard InChI is InChI=1S/C20H15BrClNO5/c1-3-26-17-10-12(8-15(22)18(17)27-11(2)24)9-16-20(25)28-19(23-16)13-4-6-14(21)7-5-13/h4-10H,3H2,1-2H3/b16-9+. The van der Waals surface area contributed by atoms with Crippen molar-refractivity contribution in [2.45, 2.75) is 13.8 Å². The van der Waals surface area contributed by atoms with Crippen LogP contribution < -0.4 is 9.47 Å². The zero-order valence-electron chi connectivity index (χ0n) is 15.0. The van der Waals surface area contributed by atoms with E-state index >= 15 is 0 Å². The van der Waals surface area contributed by atoms with Gasteiger partial charge in [0.25, 0.3) is 0 Å². The molecule has 1 aliphatic heterocycles. The molecule has 0 unspecified atom stereocenters. The first-order valence-electron chi connectivity index (χ1n) is 8.30. The number of cyclic esters (lactones) is 1. The van der Waals surface area contributed by atoms with Crippen LogP contribution in [0.3, 0.4) is 0 Å². The van der Waals surface area contributed by atoms with Crippen LogP contribution in [-0.2, 0) is 14.3 Å². The Hall–Kier alpha value is -2.64. The average Bonchev–Trinajstić information content (AvgIpc) is 2.99. The Morgan fingerprint density at radius 3 is 2.64 bits per heavy atom. The molecular formula is C20H15BrClNO5. The summed E-state index contributed by atoms with van der Waals surface area (Å²) in [5.74, 6) is -0.448. The van der Waals surface area contributed by atoms with Crippen molar-refractivity contribution in [2.75, 3.05) is 6.61 Å². The molecule has 6 nitrogen and oxygen atoms in total. The van der Waals surface area contributed by atoms with Crippen molar-refractivity contribution in [2.24, 2.45) is 4.99 Å². The molecule has 2 aromatic rings. The van der Waals surface area contributed by atoms with Gasteiger partial charge in [0.2, 0.25) is 5.90 Å². The van der Waals surface area contributed by atoms with Crippen LogP contribution in [0.4, 0.5) is 0 Å². The Bertz CT molecular complexity index is 998. The number of aliphatic imine (C=N–C) groups is 1. The predicted octanol–water partition coefficient (Wildman–Crippen LogP) is 4.77. The Balaban J connectivity index is 1.96. The number of ether oxygens (including phenoxy) is 3. The predicted molar refractivity (Wildman–Crippen MR) is 109 cm³/mol. The van der Waals surface area contributed by atoms with Gasteiger partial charge in [-0.1, -0.05) is 27.5 Å². The van der Waals surface area contributed by atoms with E-state index in [4.69, 9.17) is 25.8 Å². The molecule has 0 atom stereocenters. The summed E-state index contributed by atoms with van der Waals surface area (Å²) in [5, 5.41) is 0.177. The van der Waals surface area contributed by atoms with Gasteiger partial charge >= 0.3 is 11.9 Å². The molecule has 0 aromatic heterocycles. The van der Waals surface area contributed by atoms with E-state index in [0.717, 1.165) is 4.47 Å².